The summed E-state index contributed by atoms with van der Waals surface area (Å²) in [7, 11) is 0. The first-order chi connectivity index (χ1) is 16.1. The normalized spacial score (nSPS) is 16.0. The van der Waals surface area contributed by atoms with Gasteiger partial charge in [0.2, 0.25) is 0 Å². The minimum atomic E-state index is -0.743. The number of aliphatic hydroxyl groups excluding tert-OH is 1. The van der Waals surface area contributed by atoms with E-state index < -0.39 is 23.5 Å². The Morgan fingerprint density at radius 2 is 1.85 bits per heavy atom. The highest BCUT2D eigenvalue weighted by Gasteiger charge is 2.32. The summed E-state index contributed by atoms with van der Waals surface area (Å²) in [6, 6.07) is 8.88. The van der Waals surface area contributed by atoms with E-state index >= 15 is 0 Å². The molecule has 1 saturated heterocycles. The lowest BCUT2D eigenvalue weighted by atomic mass is 9.94. The summed E-state index contributed by atoms with van der Waals surface area (Å²) < 4.78 is 5.23. The maximum Gasteiger partial charge on any atom is 0.413 e. The standard InChI is InChI=1S/C25H32N4O5/c1-16-13-19(14-26-21(16)28-24(33)34-25(2,3)4)27-22(31)23(32)29-12-6-5-7-20(29)18-10-8-17(15-30)9-11-18/h8-11,13-14,20,30H,5-7,12,15H2,1-4H3,(H,27,31)(H,26,28,33)/t20-/m0/s1. The zero-order chi connectivity index (χ0) is 24.9. The van der Waals surface area contributed by atoms with Gasteiger partial charge in [-0.1, -0.05) is 24.3 Å². The number of aliphatic hydroxyl groups is 1. The predicted octanol–water partition coefficient (Wildman–Crippen LogP) is 3.92. The number of nitrogens with zero attached hydrogens (tertiary/aromatic N) is 2. The summed E-state index contributed by atoms with van der Waals surface area (Å²) in [6.07, 6.45) is 3.32. The number of piperidine rings is 1. The van der Waals surface area contributed by atoms with Crippen LogP contribution in [0, 0.1) is 6.92 Å². The van der Waals surface area contributed by atoms with Crippen LogP contribution >= 0.6 is 0 Å². The molecule has 34 heavy (non-hydrogen) atoms. The van der Waals surface area contributed by atoms with E-state index in [4.69, 9.17) is 4.74 Å². The third kappa shape index (κ3) is 6.54. The van der Waals surface area contributed by atoms with Gasteiger partial charge in [-0.05, 0) is 69.7 Å². The first-order valence-corrected chi connectivity index (χ1v) is 11.4. The second kappa shape index (κ2) is 10.6. The first-order valence-electron chi connectivity index (χ1n) is 11.4. The van der Waals surface area contributed by atoms with Crippen LogP contribution in [0.25, 0.3) is 0 Å². The Hall–Kier alpha value is -3.46. The third-order valence-corrected chi connectivity index (χ3v) is 5.46. The number of hydrogen-bond acceptors (Lipinski definition) is 6. The number of carbonyl (C=O) groups excluding carboxylic acids is 3. The van der Waals surface area contributed by atoms with Crippen LogP contribution in [-0.2, 0) is 20.9 Å². The summed E-state index contributed by atoms with van der Waals surface area (Å²) in [4.78, 5) is 43.6. The topological polar surface area (TPSA) is 121 Å². The number of amides is 3. The molecular weight excluding hydrogens is 436 g/mol. The quantitative estimate of drug-likeness (QED) is 0.585. The highest BCUT2D eigenvalue weighted by atomic mass is 16.6. The van der Waals surface area contributed by atoms with Gasteiger partial charge in [-0.25, -0.2) is 9.78 Å². The molecule has 0 spiro atoms. The number of anilines is 2. The van der Waals surface area contributed by atoms with Crippen LogP contribution < -0.4 is 10.6 Å². The van der Waals surface area contributed by atoms with Crippen molar-refractivity contribution in [1.82, 2.24) is 9.88 Å². The van der Waals surface area contributed by atoms with Crippen LogP contribution in [-0.4, -0.2) is 45.0 Å². The maximum absolute atomic E-state index is 13.0. The molecule has 9 heteroatoms. The fraction of sp³-hybridized carbons (Fsp3) is 0.440. The van der Waals surface area contributed by atoms with Crippen molar-refractivity contribution in [2.45, 2.75) is 65.2 Å². The molecule has 3 amide bonds. The zero-order valence-electron chi connectivity index (χ0n) is 20.1. The van der Waals surface area contributed by atoms with Crippen LogP contribution in [0.2, 0.25) is 0 Å². The lowest BCUT2D eigenvalue weighted by Gasteiger charge is -2.35. The second-order valence-corrected chi connectivity index (χ2v) is 9.38. The second-order valence-electron chi connectivity index (χ2n) is 9.38. The molecule has 182 valence electrons. The lowest BCUT2D eigenvalue weighted by molar-refractivity contribution is -0.145. The Kier molecular flexibility index (Phi) is 7.88. The summed E-state index contributed by atoms with van der Waals surface area (Å²) in [6.45, 7) is 7.47. The molecule has 2 aromatic rings. The molecule has 1 aromatic carbocycles. The molecule has 9 nitrogen and oxygen atoms in total. The molecule has 3 N–H and O–H groups in total. The van der Waals surface area contributed by atoms with E-state index in [0.717, 1.165) is 30.4 Å². The fourth-order valence-electron chi connectivity index (χ4n) is 3.86. The van der Waals surface area contributed by atoms with Gasteiger partial charge in [-0.3, -0.25) is 14.9 Å². The molecule has 0 aliphatic carbocycles. The highest BCUT2D eigenvalue weighted by Crippen LogP contribution is 2.31. The van der Waals surface area contributed by atoms with Gasteiger partial charge < -0.3 is 20.1 Å². The number of ether oxygens (including phenoxy) is 1. The molecule has 0 radical (unpaired) electrons. The summed E-state index contributed by atoms with van der Waals surface area (Å²) in [5, 5.41) is 14.5. The van der Waals surface area contributed by atoms with Gasteiger partial charge >= 0.3 is 17.9 Å². The number of benzene rings is 1. The van der Waals surface area contributed by atoms with Crippen LogP contribution in [0.4, 0.5) is 16.3 Å². The van der Waals surface area contributed by atoms with Crippen molar-refractivity contribution in [2.75, 3.05) is 17.2 Å². The van der Waals surface area contributed by atoms with Crippen molar-refractivity contribution in [2.24, 2.45) is 0 Å². The molecule has 0 bridgehead atoms. The van der Waals surface area contributed by atoms with E-state index in [-0.39, 0.29) is 12.6 Å². The number of carbonyl (C=O) groups is 3. The maximum atomic E-state index is 13.0. The Morgan fingerprint density at radius 1 is 1.15 bits per heavy atom. The van der Waals surface area contributed by atoms with Gasteiger partial charge in [0.05, 0.1) is 24.5 Å². The third-order valence-electron chi connectivity index (χ3n) is 5.46. The summed E-state index contributed by atoms with van der Waals surface area (Å²) in [5.74, 6) is -1.04. The Labute approximate surface area is 199 Å². The molecular formula is C25H32N4O5. The molecule has 0 saturated carbocycles. The fourth-order valence-corrected chi connectivity index (χ4v) is 3.86. The van der Waals surface area contributed by atoms with E-state index in [0.29, 0.717) is 23.6 Å². The molecule has 0 unspecified atom stereocenters. The Balaban J connectivity index is 1.67. The Morgan fingerprint density at radius 3 is 2.47 bits per heavy atom. The highest BCUT2D eigenvalue weighted by molar-refractivity contribution is 6.39. The van der Waals surface area contributed by atoms with E-state index in [9.17, 15) is 19.5 Å². The van der Waals surface area contributed by atoms with Gasteiger partial charge in [-0.15, -0.1) is 0 Å². The van der Waals surface area contributed by atoms with Gasteiger partial charge in [0.15, 0.2) is 0 Å². The molecule has 3 rings (SSSR count). The number of pyridine rings is 1. The number of nitrogens with one attached hydrogen (secondary N) is 2. The van der Waals surface area contributed by atoms with Crippen molar-refractivity contribution in [1.29, 1.82) is 0 Å². The lowest BCUT2D eigenvalue weighted by Crippen LogP contribution is -2.44. The largest absolute Gasteiger partial charge is 0.444 e. The molecule has 1 atom stereocenters. The van der Waals surface area contributed by atoms with Crippen molar-refractivity contribution in [3.63, 3.8) is 0 Å². The van der Waals surface area contributed by atoms with Crippen molar-refractivity contribution in [3.05, 3.63) is 53.2 Å². The zero-order valence-corrected chi connectivity index (χ0v) is 20.1. The molecule has 2 heterocycles. The van der Waals surface area contributed by atoms with Crippen LogP contribution in [0.3, 0.4) is 0 Å². The van der Waals surface area contributed by atoms with Crippen molar-refractivity contribution < 1.29 is 24.2 Å². The predicted molar refractivity (Wildman–Crippen MR) is 128 cm³/mol. The monoisotopic (exact) mass is 468 g/mol. The number of aromatic nitrogens is 1. The van der Waals surface area contributed by atoms with Crippen molar-refractivity contribution in [3.8, 4) is 0 Å². The van der Waals surface area contributed by atoms with Crippen LogP contribution in [0.15, 0.2) is 36.5 Å². The van der Waals surface area contributed by atoms with Crippen molar-refractivity contribution >= 4 is 29.4 Å². The average Bonchev–Trinajstić information content (AvgIpc) is 2.79. The summed E-state index contributed by atoms with van der Waals surface area (Å²) in [5.41, 5.74) is 2.05. The van der Waals surface area contributed by atoms with E-state index in [2.05, 4.69) is 15.6 Å². The van der Waals surface area contributed by atoms with E-state index in [1.165, 1.54) is 6.20 Å². The molecule has 1 aromatic heterocycles. The molecule has 1 fully saturated rings. The van der Waals surface area contributed by atoms with E-state index in [1.807, 2.05) is 24.3 Å². The minimum Gasteiger partial charge on any atom is -0.444 e. The van der Waals surface area contributed by atoms with Crippen LogP contribution in [0.5, 0.6) is 0 Å². The summed E-state index contributed by atoms with van der Waals surface area (Å²) >= 11 is 0. The van der Waals surface area contributed by atoms with E-state index in [1.54, 1.807) is 38.7 Å². The van der Waals surface area contributed by atoms with Gasteiger partial charge in [0, 0.05) is 6.54 Å². The smallest absolute Gasteiger partial charge is 0.413 e. The number of rotatable bonds is 4. The first kappa shape index (κ1) is 25.2. The van der Waals surface area contributed by atoms with Crippen LogP contribution in [0.1, 0.15) is 62.8 Å². The number of hydrogen-bond donors (Lipinski definition) is 3. The van der Waals surface area contributed by atoms with Gasteiger partial charge in [0.1, 0.15) is 11.4 Å². The minimum absolute atomic E-state index is 0.0461. The Bertz CT molecular complexity index is 1050. The SMILES string of the molecule is Cc1cc(NC(=O)C(=O)N2CCCC[C@H]2c2ccc(CO)cc2)cnc1NC(=O)OC(C)(C)C. The number of aryl methyl sites for hydroxylation is 1. The van der Waals surface area contributed by atoms with Gasteiger partial charge in [-0.2, -0.15) is 0 Å². The molecule has 1 aliphatic heterocycles. The molecule has 1 aliphatic rings. The number of likely N-dealkylation sites (tertiary alicyclic amines) is 1. The average molecular weight is 469 g/mol. The van der Waals surface area contributed by atoms with Gasteiger partial charge in [0.25, 0.3) is 0 Å².